The van der Waals surface area contributed by atoms with Crippen LogP contribution >= 0.6 is 0 Å². The minimum Gasteiger partial charge on any atom is -0.493 e. The maximum absolute atomic E-state index is 13.2. The number of amides is 2. The Morgan fingerprint density at radius 3 is 3.00 bits per heavy atom. The van der Waals surface area contributed by atoms with Crippen molar-refractivity contribution in [3.63, 3.8) is 0 Å². The standard InChI is InChI=1S/C14H17FN2O4/c15-9-3-4-10-11(2-1-7-21-12(10)8-9)17-14(20)16-6-5-13(18)19/h3-4,8,11H,1-2,5-7H2,(H,18,19)(H2,16,17,20). The lowest BCUT2D eigenvalue weighted by Gasteiger charge is -2.18. The molecule has 0 saturated heterocycles. The molecule has 0 saturated carbocycles. The maximum Gasteiger partial charge on any atom is 0.315 e. The summed E-state index contributed by atoms with van der Waals surface area (Å²) in [6, 6.07) is 3.49. The van der Waals surface area contributed by atoms with Gasteiger partial charge >= 0.3 is 12.0 Å². The molecule has 1 unspecified atom stereocenters. The number of hydrogen-bond acceptors (Lipinski definition) is 3. The minimum absolute atomic E-state index is 0.0562. The van der Waals surface area contributed by atoms with Gasteiger partial charge in [-0.2, -0.15) is 0 Å². The van der Waals surface area contributed by atoms with Gasteiger partial charge in [0, 0.05) is 18.2 Å². The summed E-state index contributed by atoms with van der Waals surface area (Å²) < 4.78 is 18.7. The van der Waals surface area contributed by atoms with Crippen LogP contribution in [0.4, 0.5) is 9.18 Å². The van der Waals surface area contributed by atoms with Crippen molar-refractivity contribution in [3.8, 4) is 5.75 Å². The number of benzene rings is 1. The van der Waals surface area contributed by atoms with Crippen molar-refractivity contribution in [1.82, 2.24) is 10.6 Å². The van der Waals surface area contributed by atoms with Gasteiger partial charge in [-0.3, -0.25) is 4.79 Å². The summed E-state index contributed by atoms with van der Waals surface area (Å²) in [5.74, 6) is -0.928. The molecule has 0 bridgehead atoms. The van der Waals surface area contributed by atoms with Gasteiger partial charge in [-0.05, 0) is 18.9 Å². The normalized spacial score (nSPS) is 17.1. The zero-order valence-electron chi connectivity index (χ0n) is 11.4. The molecular formula is C14H17FN2O4. The fourth-order valence-corrected chi connectivity index (χ4v) is 2.19. The van der Waals surface area contributed by atoms with Gasteiger partial charge < -0.3 is 20.5 Å². The first kappa shape index (κ1) is 15.1. The van der Waals surface area contributed by atoms with Crippen LogP contribution in [0, 0.1) is 5.82 Å². The molecule has 1 heterocycles. The number of halogens is 1. The molecule has 1 aromatic rings. The summed E-state index contributed by atoms with van der Waals surface area (Å²) in [4.78, 5) is 22.1. The molecule has 0 aliphatic carbocycles. The van der Waals surface area contributed by atoms with Crippen LogP contribution in [-0.4, -0.2) is 30.3 Å². The minimum atomic E-state index is -0.973. The predicted molar refractivity (Wildman–Crippen MR) is 72.7 cm³/mol. The van der Waals surface area contributed by atoms with E-state index < -0.39 is 12.0 Å². The number of nitrogens with one attached hydrogen (secondary N) is 2. The molecule has 1 atom stereocenters. The molecule has 1 aliphatic heterocycles. The highest BCUT2D eigenvalue weighted by Crippen LogP contribution is 2.31. The van der Waals surface area contributed by atoms with E-state index in [1.165, 1.54) is 12.1 Å². The summed E-state index contributed by atoms with van der Waals surface area (Å²) in [5, 5.41) is 13.8. The van der Waals surface area contributed by atoms with Gasteiger partial charge in [-0.25, -0.2) is 9.18 Å². The highest BCUT2D eigenvalue weighted by atomic mass is 19.1. The number of carboxylic acid groups (broad SMARTS) is 1. The van der Waals surface area contributed by atoms with Gasteiger partial charge in [-0.1, -0.05) is 6.07 Å². The first-order valence-corrected chi connectivity index (χ1v) is 6.74. The van der Waals surface area contributed by atoms with Crippen LogP contribution in [0.3, 0.4) is 0 Å². The molecule has 1 aliphatic rings. The van der Waals surface area contributed by atoms with Crippen LogP contribution in [0.1, 0.15) is 30.9 Å². The number of rotatable bonds is 4. The number of carboxylic acids is 1. The number of fused-ring (bicyclic) bond motifs is 1. The zero-order valence-corrected chi connectivity index (χ0v) is 11.4. The molecule has 0 radical (unpaired) electrons. The van der Waals surface area contributed by atoms with Crippen molar-refractivity contribution in [1.29, 1.82) is 0 Å². The average molecular weight is 296 g/mol. The molecule has 2 amide bonds. The Morgan fingerprint density at radius 2 is 2.24 bits per heavy atom. The van der Waals surface area contributed by atoms with Gasteiger partial charge in [-0.15, -0.1) is 0 Å². The molecule has 1 aromatic carbocycles. The van der Waals surface area contributed by atoms with Gasteiger partial charge in [0.15, 0.2) is 0 Å². The monoisotopic (exact) mass is 296 g/mol. The van der Waals surface area contributed by atoms with Crippen LogP contribution in [0.15, 0.2) is 18.2 Å². The van der Waals surface area contributed by atoms with Gasteiger partial charge in [0.2, 0.25) is 0 Å². The molecule has 0 spiro atoms. The average Bonchev–Trinajstić information content (AvgIpc) is 2.60. The van der Waals surface area contributed by atoms with Crippen LogP contribution in [0.5, 0.6) is 5.75 Å². The quantitative estimate of drug-likeness (QED) is 0.790. The predicted octanol–water partition coefficient (Wildman–Crippen LogP) is 1.81. The lowest BCUT2D eigenvalue weighted by atomic mass is 10.0. The Bertz CT molecular complexity index is 536. The highest BCUT2D eigenvalue weighted by molar-refractivity contribution is 5.75. The van der Waals surface area contributed by atoms with Crippen molar-refractivity contribution in [3.05, 3.63) is 29.6 Å². The fourth-order valence-electron chi connectivity index (χ4n) is 2.19. The SMILES string of the molecule is O=C(O)CCNC(=O)NC1CCCOc2cc(F)ccc21. The van der Waals surface area contributed by atoms with Crippen molar-refractivity contribution in [2.45, 2.75) is 25.3 Å². The van der Waals surface area contributed by atoms with Crippen molar-refractivity contribution in [2.24, 2.45) is 0 Å². The molecule has 0 aromatic heterocycles. The largest absolute Gasteiger partial charge is 0.493 e. The Morgan fingerprint density at radius 1 is 1.43 bits per heavy atom. The van der Waals surface area contributed by atoms with Crippen LogP contribution < -0.4 is 15.4 Å². The van der Waals surface area contributed by atoms with Crippen molar-refractivity contribution < 1.29 is 23.8 Å². The summed E-state index contributed by atoms with van der Waals surface area (Å²) in [5.41, 5.74) is 0.724. The van der Waals surface area contributed by atoms with E-state index >= 15 is 0 Å². The van der Waals surface area contributed by atoms with Gasteiger partial charge in [0.1, 0.15) is 11.6 Å². The molecule has 6 nitrogen and oxygen atoms in total. The Kier molecular flexibility index (Phi) is 4.97. The lowest BCUT2D eigenvalue weighted by molar-refractivity contribution is -0.136. The Hall–Kier alpha value is -2.31. The Labute approximate surface area is 121 Å². The van der Waals surface area contributed by atoms with E-state index in [0.29, 0.717) is 18.8 Å². The molecule has 3 N–H and O–H groups in total. The highest BCUT2D eigenvalue weighted by Gasteiger charge is 2.21. The second-order valence-electron chi connectivity index (χ2n) is 4.77. The van der Waals surface area contributed by atoms with E-state index in [2.05, 4.69) is 10.6 Å². The van der Waals surface area contributed by atoms with E-state index in [-0.39, 0.29) is 24.8 Å². The zero-order chi connectivity index (χ0) is 15.2. The van der Waals surface area contributed by atoms with Crippen LogP contribution in [0.25, 0.3) is 0 Å². The Balaban J connectivity index is 2.00. The molecule has 114 valence electrons. The van der Waals surface area contributed by atoms with E-state index in [1.54, 1.807) is 6.07 Å². The van der Waals surface area contributed by atoms with Crippen molar-refractivity contribution >= 4 is 12.0 Å². The summed E-state index contributed by atoms with van der Waals surface area (Å²) in [6.45, 7) is 0.524. The van der Waals surface area contributed by atoms with E-state index in [4.69, 9.17) is 9.84 Å². The maximum atomic E-state index is 13.2. The van der Waals surface area contributed by atoms with Gasteiger partial charge in [0.25, 0.3) is 0 Å². The summed E-state index contributed by atoms with van der Waals surface area (Å²) in [7, 11) is 0. The van der Waals surface area contributed by atoms with E-state index in [1.807, 2.05) is 0 Å². The van der Waals surface area contributed by atoms with Gasteiger partial charge in [0.05, 0.1) is 19.1 Å². The molecular weight excluding hydrogens is 279 g/mol. The van der Waals surface area contributed by atoms with E-state index in [9.17, 15) is 14.0 Å². The number of carbonyl (C=O) groups excluding carboxylic acids is 1. The second kappa shape index (κ2) is 6.92. The molecule has 0 fully saturated rings. The first-order chi connectivity index (χ1) is 10.1. The fraction of sp³-hybridized carbons (Fsp3) is 0.429. The van der Waals surface area contributed by atoms with Crippen LogP contribution in [-0.2, 0) is 4.79 Å². The number of ether oxygens (including phenoxy) is 1. The molecule has 7 heteroatoms. The number of urea groups is 1. The smallest absolute Gasteiger partial charge is 0.315 e. The molecule has 2 rings (SSSR count). The lowest BCUT2D eigenvalue weighted by Crippen LogP contribution is -2.38. The van der Waals surface area contributed by atoms with Crippen molar-refractivity contribution in [2.75, 3.05) is 13.2 Å². The first-order valence-electron chi connectivity index (χ1n) is 6.74. The molecule has 21 heavy (non-hydrogen) atoms. The third kappa shape index (κ3) is 4.34. The number of carbonyl (C=O) groups is 2. The topological polar surface area (TPSA) is 87.7 Å². The summed E-state index contributed by atoms with van der Waals surface area (Å²) in [6.07, 6.45) is 1.27. The second-order valence-corrected chi connectivity index (χ2v) is 4.77. The third-order valence-electron chi connectivity index (χ3n) is 3.18. The third-order valence-corrected chi connectivity index (χ3v) is 3.18. The summed E-state index contributed by atoms with van der Waals surface area (Å²) >= 11 is 0. The number of aliphatic carboxylic acids is 1. The van der Waals surface area contributed by atoms with E-state index in [0.717, 1.165) is 12.0 Å². The van der Waals surface area contributed by atoms with Crippen LogP contribution in [0.2, 0.25) is 0 Å². The number of hydrogen-bond donors (Lipinski definition) is 3.